The second-order valence-electron chi connectivity index (χ2n) is 34.5. The topological polar surface area (TPSA) is 97.3 Å². The third-order valence-corrected chi connectivity index (χ3v) is 26.1. The average molecular weight is 1960 g/mol. The molecule has 0 saturated heterocycles. The van der Waals surface area contributed by atoms with Crippen LogP contribution in [0.4, 0.5) is 0 Å². The van der Waals surface area contributed by atoms with Crippen LogP contribution in [0.5, 0.6) is 0 Å². The van der Waals surface area contributed by atoms with Crippen LogP contribution in [0.25, 0.3) is 233 Å². The molecule has 27 aromatic rings. The molecule has 0 bridgehead atoms. The first-order chi connectivity index (χ1) is 68.4. The fourth-order valence-electron chi connectivity index (χ4n) is 19.6. The normalized spacial score (nSPS) is 11.3. The zero-order valence-corrected chi connectivity index (χ0v) is 78.0. The molecule has 0 amide bonds. The Balaban J connectivity index is 0.000000119. The molecule has 10 nitrogen and oxygen atoms in total. The van der Waals surface area contributed by atoms with Gasteiger partial charge in [-0.2, -0.15) is 0 Å². The Morgan fingerprint density at radius 2 is 0.583 bits per heavy atom. The number of fused-ring (bicyclic) bond motifs is 15. The fourth-order valence-corrected chi connectivity index (χ4v) is 19.6. The first kappa shape index (κ1) is 85.3. The first-order valence-electron chi connectivity index (χ1n) is 46.5. The second-order valence-corrected chi connectivity index (χ2v) is 34.5. The Morgan fingerprint density at radius 3 is 1.06 bits per heavy atom. The van der Waals surface area contributed by atoms with E-state index in [1.54, 1.807) is 6.20 Å². The molecule has 0 fully saturated rings. The Hall–Kier alpha value is -17.9. The van der Waals surface area contributed by atoms with Crippen LogP contribution >= 0.6 is 0 Å². The largest absolute Gasteiger partial charge is 0.456 e. The molecule has 0 aliphatic rings. The fraction of sp³-hybridized carbons (Fsp3) is 0.00781. The summed E-state index contributed by atoms with van der Waals surface area (Å²) in [5.41, 5.74) is 33.1. The van der Waals surface area contributed by atoms with Gasteiger partial charge in [-0.1, -0.05) is 315 Å². The third kappa shape index (κ3) is 16.5. The first-order valence-corrected chi connectivity index (χ1v) is 46.5. The standard InChI is InChI=1S/C51H31N5O.C48H32N2.C18H14N.C11H8N.Ir/c1-3-14-32(15-4-1)49-52-50(33-16-5-2-6-17-33)54-51(53-49)34-18-13-19-35(28-34)56-45-29-36(55-43-23-10-7-20-37(43)38-21-8-11-24-44(38)55)26-27-39(45)41-30-42-40-22-9-12-25-47(40)57-48(42)31-46(41)56;1-3-13-33(14-4-1)35-17-11-19-39(29-35)49-45-23-9-7-21-41(45)43-31-37(25-27-47(43)49)38-26-28-48-44(32-38)42-22-8-10-24-46(42)50(48)40-20-12-18-36(30-40)34-15-5-2-6-16-34;1-14-12-18(16-10-6-3-7-11-16)19-13-17(14)15-8-4-2-5-9-15;1-2-6-10(7-3-1)11-8-4-5-9-12-11;/h1-31H;1-32H;2-10,12-13H,1H3;1-6,8-9H;/q;;2*-1;. The monoisotopic (exact) mass is 1960 g/mol. The zero-order chi connectivity index (χ0) is 91.8. The van der Waals surface area contributed by atoms with Gasteiger partial charge in [0.2, 0.25) is 0 Å². The molecule has 27 rings (SSSR count). The van der Waals surface area contributed by atoms with Gasteiger partial charge in [-0.15, -0.1) is 71.8 Å². The van der Waals surface area contributed by atoms with Crippen LogP contribution in [0.3, 0.4) is 0 Å². The number of para-hydroxylation sites is 5. The van der Waals surface area contributed by atoms with E-state index in [1.807, 2.05) is 164 Å². The van der Waals surface area contributed by atoms with Crippen LogP contribution in [-0.2, 0) is 20.1 Å². The van der Waals surface area contributed by atoms with Crippen molar-refractivity contribution in [2.75, 3.05) is 0 Å². The quantitative estimate of drug-likeness (QED) is 0.107. The van der Waals surface area contributed by atoms with Crippen molar-refractivity contribution in [1.29, 1.82) is 0 Å². The Kier molecular flexibility index (Phi) is 23.0. The van der Waals surface area contributed by atoms with E-state index in [9.17, 15) is 0 Å². The molecular weight excluding hydrogens is 1870 g/mol. The van der Waals surface area contributed by atoms with Crippen molar-refractivity contribution >= 4 is 109 Å². The number of aryl methyl sites for hydroxylation is 1. The molecule has 0 unspecified atom stereocenters. The molecule has 139 heavy (non-hydrogen) atoms. The van der Waals surface area contributed by atoms with Crippen molar-refractivity contribution in [2.24, 2.45) is 0 Å². The third-order valence-electron chi connectivity index (χ3n) is 26.1. The van der Waals surface area contributed by atoms with Crippen LogP contribution in [-0.4, -0.2) is 43.2 Å². The number of nitrogens with zero attached hydrogens (tertiary/aromatic N) is 9. The van der Waals surface area contributed by atoms with Gasteiger partial charge in [0, 0.05) is 137 Å². The summed E-state index contributed by atoms with van der Waals surface area (Å²) in [6.07, 6.45) is 3.73. The molecule has 8 heterocycles. The van der Waals surface area contributed by atoms with Crippen LogP contribution in [0.1, 0.15) is 5.56 Å². The minimum Gasteiger partial charge on any atom is -0.456 e. The van der Waals surface area contributed by atoms with Gasteiger partial charge in [0.1, 0.15) is 11.2 Å². The van der Waals surface area contributed by atoms with E-state index in [4.69, 9.17) is 19.4 Å². The van der Waals surface area contributed by atoms with E-state index in [0.717, 1.165) is 106 Å². The maximum atomic E-state index is 6.49. The molecule has 0 aliphatic carbocycles. The average Bonchev–Trinajstić information content (AvgIpc) is 1.56. The maximum absolute atomic E-state index is 6.49. The van der Waals surface area contributed by atoms with Gasteiger partial charge in [0.25, 0.3) is 0 Å². The van der Waals surface area contributed by atoms with Crippen molar-refractivity contribution in [2.45, 2.75) is 6.92 Å². The van der Waals surface area contributed by atoms with Crippen LogP contribution in [0.15, 0.2) is 502 Å². The molecule has 1 radical (unpaired) electrons. The number of hydrogen-bond acceptors (Lipinski definition) is 6. The molecular formula is C128H85IrN9O-2. The molecule has 19 aromatic carbocycles. The van der Waals surface area contributed by atoms with Crippen LogP contribution < -0.4 is 0 Å². The van der Waals surface area contributed by atoms with E-state index < -0.39 is 0 Å². The summed E-state index contributed by atoms with van der Waals surface area (Å²) < 4.78 is 16.0. The van der Waals surface area contributed by atoms with Crippen molar-refractivity contribution in [3.8, 4) is 124 Å². The van der Waals surface area contributed by atoms with E-state index >= 15 is 0 Å². The van der Waals surface area contributed by atoms with E-state index in [2.05, 4.69) is 375 Å². The van der Waals surface area contributed by atoms with Gasteiger partial charge in [0.15, 0.2) is 17.5 Å². The summed E-state index contributed by atoms with van der Waals surface area (Å²) in [7, 11) is 0. The molecule has 11 heteroatoms. The molecule has 0 saturated carbocycles. The van der Waals surface area contributed by atoms with E-state index in [1.165, 1.54) is 115 Å². The van der Waals surface area contributed by atoms with Crippen LogP contribution in [0, 0.1) is 19.1 Å². The van der Waals surface area contributed by atoms with E-state index in [0.29, 0.717) is 17.5 Å². The smallest absolute Gasteiger partial charge is 0.164 e. The summed E-state index contributed by atoms with van der Waals surface area (Å²) >= 11 is 0. The van der Waals surface area contributed by atoms with Gasteiger partial charge in [-0.25, -0.2) is 15.0 Å². The number of rotatable bonds is 13. The summed E-state index contributed by atoms with van der Waals surface area (Å²) in [6, 6.07) is 176. The van der Waals surface area contributed by atoms with Gasteiger partial charge >= 0.3 is 0 Å². The molecule has 0 spiro atoms. The SMILES string of the molecule is Cc1cc(-c2[c-]cccc2)ncc1-c1ccccc1.[Ir].[c-]1ccccc1-c1ccccn1.c1ccc(-c2cccc(-n3c4ccccc4c4cc(-c5ccc6c(c5)c5ccccc5n6-c5cccc(-c6ccccc6)c5)ccc43)c2)cc1.c1ccc(-c2nc(-c3ccccc3)nc(-c3cccc(-n4c5cc(-n6c7ccccc7c7ccccc76)ccc5c5cc6c(cc54)oc4ccccc46)c3)n2)cc1. The number of pyridine rings is 2. The summed E-state index contributed by atoms with van der Waals surface area (Å²) in [4.78, 5) is 23.8. The van der Waals surface area contributed by atoms with E-state index in [-0.39, 0.29) is 20.1 Å². The van der Waals surface area contributed by atoms with Gasteiger partial charge in [0.05, 0.1) is 44.1 Å². The van der Waals surface area contributed by atoms with Crippen LogP contribution in [0.2, 0.25) is 0 Å². The number of hydrogen-bond donors (Lipinski definition) is 0. The molecule has 0 atom stereocenters. The Labute approximate surface area is 817 Å². The number of furan rings is 1. The van der Waals surface area contributed by atoms with Gasteiger partial charge < -0.3 is 32.7 Å². The predicted molar refractivity (Wildman–Crippen MR) is 571 cm³/mol. The summed E-state index contributed by atoms with van der Waals surface area (Å²) in [5.74, 6) is 1.87. The Bertz CT molecular complexity index is 8850. The zero-order valence-electron chi connectivity index (χ0n) is 75.6. The maximum Gasteiger partial charge on any atom is 0.164 e. The second kappa shape index (κ2) is 37.5. The molecule has 8 aromatic heterocycles. The molecule has 0 aliphatic heterocycles. The van der Waals surface area contributed by atoms with Crippen molar-refractivity contribution in [3.63, 3.8) is 0 Å². The number of benzene rings is 19. The molecule has 659 valence electrons. The Morgan fingerprint density at radius 1 is 0.216 bits per heavy atom. The summed E-state index contributed by atoms with van der Waals surface area (Å²) in [6.45, 7) is 2.12. The number of aromatic nitrogens is 9. The minimum absolute atomic E-state index is 0. The summed E-state index contributed by atoms with van der Waals surface area (Å²) in [5, 5.41) is 12.0. The van der Waals surface area contributed by atoms with Crippen molar-refractivity contribution < 1.29 is 24.5 Å². The van der Waals surface area contributed by atoms with Crippen molar-refractivity contribution in [1.82, 2.24) is 43.2 Å². The minimum atomic E-state index is 0. The van der Waals surface area contributed by atoms with Gasteiger partial charge in [-0.05, 0) is 178 Å². The van der Waals surface area contributed by atoms with Gasteiger partial charge in [-0.3, -0.25) is 0 Å². The molecule has 0 N–H and O–H groups in total. The predicted octanol–water partition coefficient (Wildman–Crippen LogP) is 32.9. The van der Waals surface area contributed by atoms with Crippen molar-refractivity contribution in [3.05, 3.63) is 515 Å².